The molecule has 3 aromatic rings. The van der Waals surface area contributed by atoms with E-state index in [1.807, 2.05) is 13.0 Å². The summed E-state index contributed by atoms with van der Waals surface area (Å²) in [6.07, 6.45) is 0. The molecule has 0 radical (unpaired) electrons. The lowest BCUT2D eigenvalue weighted by Gasteiger charge is -2.02. The molecular weight excluding hydrogens is 246 g/mol. The minimum absolute atomic E-state index is 0.0322. The molecule has 2 heterocycles. The second-order valence-electron chi connectivity index (χ2n) is 4.05. The van der Waals surface area contributed by atoms with Gasteiger partial charge in [0.15, 0.2) is 0 Å². The third kappa shape index (κ3) is 2.10. The molecule has 0 unspecified atom stereocenters. The number of nitrogens with zero attached hydrogens (tertiary/aromatic N) is 3. The van der Waals surface area contributed by atoms with Crippen molar-refractivity contribution in [3.05, 3.63) is 29.8 Å². The van der Waals surface area contributed by atoms with Gasteiger partial charge in [0, 0.05) is 5.69 Å². The molecule has 5 N–H and O–H groups in total. The van der Waals surface area contributed by atoms with Crippen LogP contribution < -0.4 is 11.1 Å². The SMILES string of the molecule is Cc1nc2ccc(NC(=O)c3nc(N)n[nH]3)cc2[nH]1. The third-order valence-electron chi connectivity index (χ3n) is 2.58. The molecule has 8 nitrogen and oxygen atoms in total. The Hall–Kier alpha value is -2.90. The van der Waals surface area contributed by atoms with Crippen molar-refractivity contribution in [2.45, 2.75) is 6.92 Å². The number of hydrogen-bond donors (Lipinski definition) is 4. The number of anilines is 2. The van der Waals surface area contributed by atoms with E-state index in [1.54, 1.807) is 12.1 Å². The number of benzene rings is 1. The number of carbonyl (C=O) groups excluding carboxylic acids is 1. The van der Waals surface area contributed by atoms with Crippen molar-refractivity contribution in [1.29, 1.82) is 0 Å². The Kier molecular flexibility index (Phi) is 2.41. The summed E-state index contributed by atoms with van der Waals surface area (Å²) in [5.41, 5.74) is 7.68. The van der Waals surface area contributed by atoms with Crippen LogP contribution in [0.25, 0.3) is 11.0 Å². The van der Waals surface area contributed by atoms with Crippen molar-refractivity contribution in [2.75, 3.05) is 11.1 Å². The van der Waals surface area contributed by atoms with Gasteiger partial charge in [0.1, 0.15) is 5.82 Å². The maximum Gasteiger partial charge on any atom is 0.293 e. The monoisotopic (exact) mass is 257 g/mol. The first-order valence-corrected chi connectivity index (χ1v) is 5.57. The summed E-state index contributed by atoms with van der Waals surface area (Å²) in [5, 5.41) is 8.74. The van der Waals surface area contributed by atoms with Crippen LogP contribution in [0.4, 0.5) is 11.6 Å². The van der Waals surface area contributed by atoms with Gasteiger partial charge in [-0.1, -0.05) is 0 Å². The van der Waals surface area contributed by atoms with Crippen LogP contribution >= 0.6 is 0 Å². The van der Waals surface area contributed by atoms with Crippen LogP contribution in [0.15, 0.2) is 18.2 Å². The summed E-state index contributed by atoms with van der Waals surface area (Å²) in [7, 11) is 0. The van der Waals surface area contributed by atoms with Crippen molar-refractivity contribution in [2.24, 2.45) is 0 Å². The molecule has 1 amide bonds. The first-order chi connectivity index (χ1) is 9.11. The van der Waals surface area contributed by atoms with Gasteiger partial charge in [0.25, 0.3) is 5.91 Å². The van der Waals surface area contributed by atoms with Gasteiger partial charge in [-0.3, -0.25) is 9.89 Å². The van der Waals surface area contributed by atoms with E-state index in [0.717, 1.165) is 16.9 Å². The van der Waals surface area contributed by atoms with Crippen LogP contribution in [0.1, 0.15) is 16.4 Å². The number of carbonyl (C=O) groups is 1. The molecular formula is C11H11N7O. The summed E-state index contributed by atoms with van der Waals surface area (Å²) in [6, 6.07) is 5.39. The van der Waals surface area contributed by atoms with E-state index >= 15 is 0 Å². The maximum atomic E-state index is 11.8. The number of aromatic nitrogens is 5. The third-order valence-corrected chi connectivity index (χ3v) is 2.58. The number of aromatic amines is 2. The van der Waals surface area contributed by atoms with Gasteiger partial charge in [0.2, 0.25) is 11.8 Å². The van der Waals surface area contributed by atoms with Crippen LogP contribution in [-0.4, -0.2) is 31.1 Å². The van der Waals surface area contributed by atoms with E-state index in [4.69, 9.17) is 5.73 Å². The number of fused-ring (bicyclic) bond motifs is 1. The number of amides is 1. The zero-order valence-corrected chi connectivity index (χ0v) is 10.1. The van der Waals surface area contributed by atoms with Crippen LogP contribution in [-0.2, 0) is 0 Å². The van der Waals surface area contributed by atoms with Gasteiger partial charge in [-0.15, -0.1) is 5.10 Å². The van der Waals surface area contributed by atoms with Crippen molar-refractivity contribution in [3.8, 4) is 0 Å². The molecule has 0 atom stereocenters. The number of aryl methyl sites for hydroxylation is 1. The zero-order chi connectivity index (χ0) is 13.4. The van der Waals surface area contributed by atoms with Crippen molar-refractivity contribution in [1.82, 2.24) is 25.1 Å². The number of hydrogen-bond acceptors (Lipinski definition) is 5. The number of nitrogen functional groups attached to an aromatic ring is 1. The molecule has 8 heteroatoms. The summed E-state index contributed by atoms with van der Waals surface area (Å²) in [5.74, 6) is 0.518. The fourth-order valence-electron chi connectivity index (χ4n) is 1.78. The quantitative estimate of drug-likeness (QED) is 0.541. The molecule has 0 fully saturated rings. The normalized spacial score (nSPS) is 10.8. The molecule has 96 valence electrons. The predicted octanol–water partition coefficient (Wildman–Crippen LogP) is 0.824. The van der Waals surface area contributed by atoms with Crippen molar-refractivity contribution >= 4 is 28.6 Å². The van der Waals surface area contributed by atoms with Crippen LogP contribution in [0.2, 0.25) is 0 Å². The predicted molar refractivity (Wildman–Crippen MR) is 69.6 cm³/mol. The fourth-order valence-corrected chi connectivity index (χ4v) is 1.78. The van der Waals surface area contributed by atoms with E-state index in [0.29, 0.717) is 5.69 Å². The molecule has 0 bridgehead atoms. The summed E-state index contributed by atoms with van der Waals surface area (Å²) in [6.45, 7) is 1.87. The first kappa shape index (κ1) is 11.2. The Bertz CT molecular complexity index is 757. The van der Waals surface area contributed by atoms with E-state index < -0.39 is 5.91 Å². The number of rotatable bonds is 2. The molecule has 3 rings (SSSR count). The van der Waals surface area contributed by atoms with Gasteiger partial charge in [-0.05, 0) is 25.1 Å². The van der Waals surface area contributed by atoms with Crippen molar-refractivity contribution < 1.29 is 4.79 Å². The summed E-state index contributed by atoms with van der Waals surface area (Å²) in [4.78, 5) is 23.0. The molecule has 2 aromatic heterocycles. The Morgan fingerprint density at radius 2 is 2.21 bits per heavy atom. The van der Waals surface area contributed by atoms with Gasteiger partial charge < -0.3 is 16.0 Å². The minimum atomic E-state index is -0.403. The highest BCUT2D eigenvalue weighted by Crippen LogP contribution is 2.17. The number of nitrogens with one attached hydrogen (secondary N) is 3. The highest BCUT2D eigenvalue weighted by molar-refractivity contribution is 6.02. The van der Waals surface area contributed by atoms with Gasteiger partial charge >= 0.3 is 0 Å². The Morgan fingerprint density at radius 3 is 2.95 bits per heavy atom. The molecule has 0 aliphatic heterocycles. The lowest BCUT2D eigenvalue weighted by atomic mass is 10.2. The standard InChI is InChI=1S/C11H11N7O/c1-5-13-7-3-2-6(4-8(7)14-5)15-10(19)9-16-11(12)18-17-9/h2-4H,1H3,(H,13,14)(H,15,19)(H3,12,16,17,18). The topological polar surface area (TPSA) is 125 Å². The lowest BCUT2D eigenvalue weighted by molar-refractivity contribution is 0.101. The van der Waals surface area contributed by atoms with Crippen LogP contribution in [0.3, 0.4) is 0 Å². The molecule has 0 saturated heterocycles. The minimum Gasteiger partial charge on any atom is -0.366 e. The number of imidazole rings is 1. The molecule has 19 heavy (non-hydrogen) atoms. The molecule has 1 aromatic carbocycles. The van der Waals surface area contributed by atoms with Gasteiger partial charge in [-0.25, -0.2) is 4.98 Å². The van der Waals surface area contributed by atoms with E-state index in [2.05, 4.69) is 30.5 Å². The van der Waals surface area contributed by atoms with Crippen LogP contribution in [0.5, 0.6) is 0 Å². The molecule has 0 aliphatic rings. The Morgan fingerprint density at radius 1 is 1.37 bits per heavy atom. The second-order valence-corrected chi connectivity index (χ2v) is 4.05. The fraction of sp³-hybridized carbons (Fsp3) is 0.0909. The van der Waals surface area contributed by atoms with E-state index in [1.165, 1.54) is 0 Å². The molecule has 0 spiro atoms. The number of nitrogens with two attached hydrogens (primary N) is 1. The largest absolute Gasteiger partial charge is 0.366 e. The average molecular weight is 257 g/mol. The number of H-pyrrole nitrogens is 2. The molecule has 0 saturated carbocycles. The summed E-state index contributed by atoms with van der Waals surface area (Å²) < 4.78 is 0. The Labute approximate surface area is 107 Å². The van der Waals surface area contributed by atoms with E-state index in [9.17, 15) is 4.79 Å². The zero-order valence-electron chi connectivity index (χ0n) is 10.1. The average Bonchev–Trinajstić information content (AvgIpc) is 2.93. The highest BCUT2D eigenvalue weighted by atomic mass is 16.2. The molecule has 0 aliphatic carbocycles. The van der Waals surface area contributed by atoms with E-state index in [-0.39, 0.29) is 11.8 Å². The highest BCUT2D eigenvalue weighted by Gasteiger charge is 2.11. The maximum absolute atomic E-state index is 11.8. The summed E-state index contributed by atoms with van der Waals surface area (Å²) >= 11 is 0. The van der Waals surface area contributed by atoms with Crippen LogP contribution in [0, 0.1) is 6.92 Å². The van der Waals surface area contributed by atoms with Crippen molar-refractivity contribution in [3.63, 3.8) is 0 Å². The first-order valence-electron chi connectivity index (χ1n) is 5.57. The lowest BCUT2D eigenvalue weighted by Crippen LogP contribution is -2.13. The smallest absolute Gasteiger partial charge is 0.293 e. The Balaban J connectivity index is 1.86. The second kappa shape index (κ2) is 4.09. The van der Waals surface area contributed by atoms with Gasteiger partial charge in [0.05, 0.1) is 11.0 Å². The van der Waals surface area contributed by atoms with Gasteiger partial charge in [-0.2, -0.15) is 4.98 Å².